The van der Waals surface area contributed by atoms with E-state index in [1.807, 2.05) is 44.3 Å². The quantitative estimate of drug-likeness (QED) is 0.752. The van der Waals surface area contributed by atoms with Crippen molar-refractivity contribution in [3.05, 3.63) is 54.1 Å². The van der Waals surface area contributed by atoms with Crippen LogP contribution in [0.2, 0.25) is 0 Å². The minimum atomic E-state index is -0.278. The van der Waals surface area contributed by atoms with Crippen molar-refractivity contribution < 1.29 is 4.79 Å². The molecule has 124 valence electrons. The molecule has 0 radical (unpaired) electrons. The van der Waals surface area contributed by atoms with Gasteiger partial charge < -0.3 is 10.6 Å². The van der Waals surface area contributed by atoms with Crippen LogP contribution in [0.5, 0.6) is 0 Å². The number of hydrogen-bond acceptors (Lipinski definition) is 4. The zero-order chi connectivity index (χ0) is 16.9. The summed E-state index contributed by atoms with van der Waals surface area (Å²) in [5.41, 5.74) is 3.45. The van der Waals surface area contributed by atoms with Crippen molar-refractivity contribution in [3.8, 4) is 5.69 Å². The number of hydrogen-bond donors (Lipinski definition) is 2. The Labute approximate surface area is 139 Å². The second-order valence-electron chi connectivity index (χ2n) is 5.30. The molecule has 1 aromatic carbocycles. The Balaban J connectivity index is 1.67. The lowest BCUT2D eigenvalue weighted by molar-refractivity contribution is 0.251. The van der Waals surface area contributed by atoms with Gasteiger partial charge in [-0.15, -0.1) is 5.10 Å². The van der Waals surface area contributed by atoms with Crippen LogP contribution in [0.1, 0.15) is 18.2 Å². The number of carbonyl (C=O) groups is 1. The van der Waals surface area contributed by atoms with E-state index in [1.54, 1.807) is 21.8 Å². The van der Waals surface area contributed by atoms with Crippen molar-refractivity contribution in [1.82, 2.24) is 30.1 Å². The standard InChI is InChI=1S/C16H19N7O/c1-3-22-14(11-18-21-22)10-17-16(24)20-15-9-13(6-5-12(15)2)23-8-4-7-19-23/h4-9,11H,3,10H2,1-2H3,(H2,17,20,24). The molecule has 0 aliphatic rings. The van der Waals surface area contributed by atoms with Crippen LogP contribution < -0.4 is 10.6 Å². The summed E-state index contributed by atoms with van der Waals surface area (Å²) >= 11 is 0. The lowest BCUT2D eigenvalue weighted by atomic mass is 10.2. The van der Waals surface area contributed by atoms with Gasteiger partial charge in [-0.25, -0.2) is 14.2 Å². The molecular weight excluding hydrogens is 306 g/mol. The van der Waals surface area contributed by atoms with Gasteiger partial charge in [-0.2, -0.15) is 5.10 Å². The van der Waals surface area contributed by atoms with Gasteiger partial charge in [0.1, 0.15) is 0 Å². The number of rotatable bonds is 5. The minimum absolute atomic E-state index is 0.278. The van der Waals surface area contributed by atoms with E-state index in [1.165, 1.54) is 0 Å². The lowest BCUT2D eigenvalue weighted by Gasteiger charge is -2.12. The van der Waals surface area contributed by atoms with Crippen LogP contribution in [0.3, 0.4) is 0 Å². The fourth-order valence-electron chi connectivity index (χ4n) is 2.33. The van der Waals surface area contributed by atoms with Crippen molar-refractivity contribution in [2.75, 3.05) is 5.32 Å². The number of urea groups is 1. The third kappa shape index (κ3) is 3.43. The largest absolute Gasteiger partial charge is 0.332 e. The Bertz CT molecular complexity index is 823. The number of benzene rings is 1. The topological polar surface area (TPSA) is 89.7 Å². The molecule has 0 saturated carbocycles. The number of aryl methyl sites for hydroxylation is 2. The molecule has 0 atom stereocenters. The van der Waals surface area contributed by atoms with E-state index < -0.39 is 0 Å². The number of aromatic nitrogens is 5. The molecule has 3 rings (SSSR count). The molecule has 0 fully saturated rings. The molecule has 3 aromatic rings. The van der Waals surface area contributed by atoms with Gasteiger partial charge in [-0.1, -0.05) is 11.3 Å². The van der Waals surface area contributed by atoms with Crippen molar-refractivity contribution in [1.29, 1.82) is 0 Å². The normalized spacial score (nSPS) is 10.6. The fraction of sp³-hybridized carbons (Fsp3) is 0.250. The van der Waals surface area contributed by atoms with Gasteiger partial charge in [-0.3, -0.25) is 0 Å². The Kier molecular flexibility index (Phi) is 4.55. The molecule has 0 unspecified atom stereocenters. The van der Waals surface area contributed by atoms with Crippen LogP contribution in [0.25, 0.3) is 5.69 Å². The highest BCUT2D eigenvalue weighted by atomic mass is 16.2. The van der Waals surface area contributed by atoms with E-state index >= 15 is 0 Å². The summed E-state index contributed by atoms with van der Waals surface area (Å²) in [5, 5.41) is 17.7. The SMILES string of the molecule is CCn1nncc1CNC(=O)Nc1cc(-n2cccn2)ccc1C. The van der Waals surface area contributed by atoms with Crippen LogP contribution >= 0.6 is 0 Å². The summed E-state index contributed by atoms with van der Waals surface area (Å²) in [5.74, 6) is 0. The van der Waals surface area contributed by atoms with Crippen molar-refractivity contribution in [2.45, 2.75) is 26.9 Å². The second kappa shape index (κ2) is 6.95. The molecule has 8 nitrogen and oxygen atoms in total. The van der Waals surface area contributed by atoms with Crippen LogP contribution in [0, 0.1) is 6.92 Å². The Morgan fingerprint density at radius 3 is 2.96 bits per heavy atom. The maximum atomic E-state index is 12.2. The number of amides is 2. The molecule has 0 aliphatic carbocycles. The fourth-order valence-corrected chi connectivity index (χ4v) is 2.33. The van der Waals surface area contributed by atoms with Crippen molar-refractivity contribution in [3.63, 3.8) is 0 Å². The molecule has 2 N–H and O–H groups in total. The molecule has 0 bridgehead atoms. The van der Waals surface area contributed by atoms with Gasteiger partial charge in [0.15, 0.2) is 0 Å². The van der Waals surface area contributed by atoms with Crippen molar-refractivity contribution >= 4 is 11.7 Å². The summed E-state index contributed by atoms with van der Waals surface area (Å²) in [4.78, 5) is 12.2. The van der Waals surface area contributed by atoms with Gasteiger partial charge in [-0.05, 0) is 37.6 Å². The molecule has 0 saturated heterocycles. The first-order valence-corrected chi connectivity index (χ1v) is 7.70. The van der Waals surface area contributed by atoms with Gasteiger partial charge in [0.25, 0.3) is 0 Å². The molecule has 8 heteroatoms. The monoisotopic (exact) mass is 325 g/mol. The highest BCUT2D eigenvalue weighted by Crippen LogP contribution is 2.19. The first kappa shape index (κ1) is 15.7. The Morgan fingerprint density at radius 1 is 1.33 bits per heavy atom. The van der Waals surface area contributed by atoms with E-state index in [0.29, 0.717) is 13.1 Å². The van der Waals surface area contributed by atoms with Gasteiger partial charge in [0, 0.05) is 24.6 Å². The van der Waals surface area contributed by atoms with Gasteiger partial charge >= 0.3 is 6.03 Å². The minimum Gasteiger partial charge on any atom is -0.332 e. The van der Waals surface area contributed by atoms with E-state index in [0.717, 1.165) is 22.6 Å². The predicted octanol–water partition coefficient (Wildman–Crippen LogP) is 2.11. The van der Waals surface area contributed by atoms with Gasteiger partial charge in [0.05, 0.1) is 24.1 Å². The average Bonchev–Trinajstić information content (AvgIpc) is 3.26. The number of carbonyl (C=O) groups excluding carboxylic acids is 1. The molecular formula is C16H19N7O. The van der Waals surface area contributed by atoms with Crippen LogP contribution in [-0.2, 0) is 13.1 Å². The van der Waals surface area contributed by atoms with Gasteiger partial charge in [0.2, 0.25) is 0 Å². The van der Waals surface area contributed by atoms with Crippen LogP contribution in [0.4, 0.5) is 10.5 Å². The molecule has 24 heavy (non-hydrogen) atoms. The van der Waals surface area contributed by atoms with Crippen LogP contribution in [-0.4, -0.2) is 30.8 Å². The highest BCUT2D eigenvalue weighted by molar-refractivity contribution is 5.90. The predicted molar refractivity (Wildman–Crippen MR) is 89.9 cm³/mol. The number of nitrogens with one attached hydrogen (secondary N) is 2. The summed E-state index contributed by atoms with van der Waals surface area (Å²) in [6, 6.07) is 7.36. The summed E-state index contributed by atoms with van der Waals surface area (Å²) in [6.07, 6.45) is 5.21. The first-order valence-electron chi connectivity index (χ1n) is 7.70. The summed E-state index contributed by atoms with van der Waals surface area (Å²) in [6.45, 7) is 5.00. The van der Waals surface area contributed by atoms with E-state index in [-0.39, 0.29) is 6.03 Å². The molecule has 0 spiro atoms. The smallest absolute Gasteiger partial charge is 0.319 e. The van der Waals surface area contributed by atoms with Crippen LogP contribution in [0.15, 0.2) is 42.9 Å². The summed E-state index contributed by atoms with van der Waals surface area (Å²) in [7, 11) is 0. The number of nitrogens with zero attached hydrogens (tertiary/aromatic N) is 5. The first-order chi connectivity index (χ1) is 11.7. The maximum Gasteiger partial charge on any atom is 0.319 e. The summed E-state index contributed by atoms with van der Waals surface area (Å²) < 4.78 is 3.48. The van der Waals surface area contributed by atoms with E-state index in [4.69, 9.17) is 0 Å². The molecule has 0 aliphatic heterocycles. The van der Waals surface area contributed by atoms with E-state index in [9.17, 15) is 4.79 Å². The molecule has 2 aromatic heterocycles. The molecule has 2 heterocycles. The third-order valence-electron chi connectivity index (χ3n) is 3.67. The zero-order valence-corrected chi connectivity index (χ0v) is 13.6. The lowest BCUT2D eigenvalue weighted by Crippen LogP contribution is -2.29. The second-order valence-corrected chi connectivity index (χ2v) is 5.30. The molecule has 2 amide bonds. The third-order valence-corrected chi connectivity index (χ3v) is 3.67. The van der Waals surface area contributed by atoms with E-state index in [2.05, 4.69) is 26.0 Å². The highest BCUT2D eigenvalue weighted by Gasteiger charge is 2.08. The Hall–Kier alpha value is -3.16. The number of anilines is 1. The maximum absolute atomic E-state index is 12.2. The average molecular weight is 325 g/mol. The Morgan fingerprint density at radius 2 is 2.21 bits per heavy atom. The van der Waals surface area contributed by atoms with Crippen molar-refractivity contribution in [2.24, 2.45) is 0 Å². The zero-order valence-electron chi connectivity index (χ0n) is 13.6.